The maximum atomic E-state index is 2.53. The summed E-state index contributed by atoms with van der Waals surface area (Å²) in [7, 11) is 0. The van der Waals surface area contributed by atoms with E-state index >= 15 is 0 Å². The molecule has 2 aliphatic rings. The number of hydrogen-bond donors (Lipinski definition) is 0. The molecule has 0 radical (unpaired) electrons. The van der Waals surface area contributed by atoms with Gasteiger partial charge in [0.25, 0.3) is 0 Å². The summed E-state index contributed by atoms with van der Waals surface area (Å²) in [6.07, 6.45) is 0. The number of anilines is 3. The van der Waals surface area contributed by atoms with Gasteiger partial charge in [-0.1, -0.05) is 200 Å². The lowest BCUT2D eigenvalue weighted by atomic mass is 9.65. The molecule has 63 heavy (non-hydrogen) atoms. The first kappa shape index (κ1) is 35.5. The minimum absolute atomic E-state index is 0.570. The van der Waals surface area contributed by atoms with Gasteiger partial charge in [-0.2, -0.15) is 0 Å². The summed E-state index contributed by atoms with van der Waals surface area (Å²) in [6.45, 7) is 0. The summed E-state index contributed by atoms with van der Waals surface area (Å²) in [5.74, 6) is 0. The van der Waals surface area contributed by atoms with E-state index in [2.05, 4.69) is 252 Å². The molecule has 1 spiro atoms. The van der Waals surface area contributed by atoms with Gasteiger partial charge in [-0.3, -0.25) is 0 Å². The minimum Gasteiger partial charge on any atom is -0.309 e. The van der Waals surface area contributed by atoms with E-state index in [-0.39, 0.29) is 0 Å². The number of aromatic nitrogens is 1. The van der Waals surface area contributed by atoms with Crippen molar-refractivity contribution < 1.29 is 0 Å². The van der Waals surface area contributed by atoms with Gasteiger partial charge in [0.1, 0.15) is 0 Å². The van der Waals surface area contributed by atoms with Crippen LogP contribution in [0.25, 0.3) is 72.0 Å². The Bertz CT molecular complexity index is 3570. The van der Waals surface area contributed by atoms with E-state index in [1.807, 2.05) is 0 Å². The molecular weight excluding hydrogens is 761 g/mol. The highest BCUT2D eigenvalue weighted by molar-refractivity contribution is 6.13. The van der Waals surface area contributed by atoms with Gasteiger partial charge in [0.2, 0.25) is 0 Å². The van der Waals surface area contributed by atoms with E-state index in [0.29, 0.717) is 0 Å². The Kier molecular flexibility index (Phi) is 7.85. The van der Waals surface area contributed by atoms with Crippen LogP contribution < -0.4 is 4.90 Å². The lowest BCUT2D eigenvalue weighted by molar-refractivity contribution is 0.748. The van der Waals surface area contributed by atoms with Crippen molar-refractivity contribution in [3.63, 3.8) is 0 Å². The van der Waals surface area contributed by atoms with Crippen molar-refractivity contribution in [3.8, 4) is 50.2 Å². The smallest absolute Gasteiger partial charge is 0.0755 e. The molecule has 11 aromatic rings. The van der Waals surface area contributed by atoms with Crippen LogP contribution in [-0.2, 0) is 5.41 Å². The summed E-state index contributed by atoms with van der Waals surface area (Å²) in [5.41, 5.74) is 21.3. The Balaban J connectivity index is 1.14. The van der Waals surface area contributed by atoms with Crippen LogP contribution in [0.3, 0.4) is 0 Å². The van der Waals surface area contributed by atoms with Crippen molar-refractivity contribution >= 4 is 38.9 Å². The van der Waals surface area contributed by atoms with E-state index in [1.165, 1.54) is 88.7 Å². The molecule has 0 saturated carbocycles. The third-order valence-corrected chi connectivity index (χ3v) is 13.6. The first-order chi connectivity index (χ1) is 31.3. The molecule has 0 fully saturated rings. The van der Waals surface area contributed by atoms with Crippen molar-refractivity contribution in [2.45, 2.75) is 5.41 Å². The third-order valence-electron chi connectivity index (χ3n) is 13.6. The highest BCUT2D eigenvalue weighted by atomic mass is 15.1. The molecule has 1 aliphatic heterocycles. The predicted octanol–water partition coefficient (Wildman–Crippen LogP) is 15.9. The van der Waals surface area contributed by atoms with Gasteiger partial charge in [-0.15, -0.1) is 0 Å². The average molecular weight is 801 g/mol. The van der Waals surface area contributed by atoms with E-state index < -0.39 is 5.41 Å². The molecule has 1 aromatic heterocycles. The first-order valence-corrected chi connectivity index (χ1v) is 21.9. The molecule has 0 bridgehead atoms. The molecule has 294 valence electrons. The molecule has 10 aromatic carbocycles. The second-order valence-corrected chi connectivity index (χ2v) is 16.8. The Morgan fingerprint density at radius 2 is 0.905 bits per heavy atom. The van der Waals surface area contributed by atoms with E-state index in [4.69, 9.17) is 0 Å². The summed E-state index contributed by atoms with van der Waals surface area (Å²) < 4.78 is 2.52. The average Bonchev–Trinajstić information content (AvgIpc) is 3.86. The van der Waals surface area contributed by atoms with E-state index in [0.717, 1.165) is 22.6 Å². The molecule has 13 rings (SSSR count). The zero-order valence-corrected chi connectivity index (χ0v) is 34.5. The zero-order chi connectivity index (χ0) is 41.5. The Hall–Kier alpha value is -8.20. The fourth-order valence-corrected chi connectivity index (χ4v) is 11.0. The highest BCUT2D eigenvalue weighted by Crippen LogP contribution is 2.63. The van der Waals surface area contributed by atoms with Crippen LogP contribution in [0.1, 0.15) is 22.3 Å². The summed E-state index contributed by atoms with van der Waals surface area (Å²) in [5, 5.41) is 2.56. The standard InChI is InChI=1S/C61H40N2/c1-4-19-41(20-5-1)44-25-16-26-46(39-44)62(56-38-37-45(42-21-6-2-7-22-42)40-50(56)43-23-8-3-9-24-43)58-36-18-32-53-59(58)49-28-10-12-30-51(49)61(53)52-31-13-15-35-57(52)63-55-34-14-11-27-47(55)48-29-17-33-54(61)60(48)63/h1-40H. The van der Waals surface area contributed by atoms with Crippen molar-refractivity contribution in [2.24, 2.45) is 0 Å². The number of benzene rings is 10. The molecule has 2 heterocycles. The molecular formula is C61H40N2. The van der Waals surface area contributed by atoms with Crippen LogP contribution in [0.5, 0.6) is 0 Å². The van der Waals surface area contributed by atoms with Gasteiger partial charge < -0.3 is 9.47 Å². The van der Waals surface area contributed by atoms with Crippen molar-refractivity contribution in [2.75, 3.05) is 4.90 Å². The molecule has 2 heteroatoms. The van der Waals surface area contributed by atoms with E-state index in [9.17, 15) is 0 Å². The van der Waals surface area contributed by atoms with E-state index in [1.54, 1.807) is 0 Å². The fraction of sp³-hybridized carbons (Fsp3) is 0.0164. The molecule has 1 atom stereocenters. The van der Waals surface area contributed by atoms with Crippen molar-refractivity contribution in [1.29, 1.82) is 0 Å². The summed E-state index contributed by atoms with van der Waals surface area (Å²) in [4.78, 5) is 2.53. The topological polar surface area (TPSA) is 8.17 Å². The molecule has 1 aliphatic carbocycles. The lowest BCUT2D eigenvalue weighted by Crippen LogP contribution is -2.33. The normalized spacial score (nSPS) is 14.4. The second kappa shape index (κ2) is 13.9. The highest BCUT2D eigenvalue weighted by Gasteiger charge is 2.51. The quantitative estimate of drug-likeness (QED) is 0.163. The largest absolute Gasteiger partial charge is 0.309 e. The summed E-state index contributed by atoms with van der Waals surface area (Å²) in [6, 6.07) is 89.7. The van der Waals surface area contributed by atoms with Crippen LogP contribution >= 0.6 is 0 Å². The van der Waals surface area contributed by atoms with Gasteiger partial charge in [0.05, 0.1) is 33.5 Å². The number of nitrogens with zero attached hydrogens (tertiary/aromatic N) is 2. The molecule has 1 unspecified atom stereocenters. The number of para-hydroxylation sites is 3. The zero-order valence-electron chi connectivity index (χ0n) is 34.5. The Labute approximate surface area is 367 Å². The fourth-order valence-electron chi connectivity index (χ4n) is 11.0. The van der Waals surface area contributed by atoms with Gasteiger partial charge >= 0.3 is 0 Å². The third kappa shape index (κ3) is 5.13. The van der Waals surface area contributed by atoms with Crippen LogP contribution in [0.15, 0.2) is 243 Å². The Morgan fingerprint density at radius 3 is 1.70 bits per heavy atom. The number of fused-ring (bicyclic) bond motifs is 12. The van der Waals surface area contributed by atoms with Crippen molar-refractivity contribution in [3.05, 3.63) is 265 Å². The van der Waals surface area contributed by atoms with Crippen LogP contribution in [-0.4, -0.2) is 4.57 Å². The molecule has 2 nitrogen and oxygen atoms in total. The van der Waals surface area contributed by atoms with Gasteiger partial charge in [-0.05, 0) is 98.1 Å². The molecule has 0 amide bonds. The van der Waals surface area contributed by atoms with Crippen LogP contribution in [0, 0.1) is 0 Å². The lowest BCUT2D eigenvalue weighted by Gasteiger charge is -2.39. The molecule has 0 N–H and O–H groups in total. The second-order valence-electron chi connectivity index (χ2n) is 16.8. The van der Waals surface area contributed by atoms with Gasteiger partial charge in [-0.25, -0.2) is 0 Å². The number of hydrogen-bond acceptors (Lipinski definition) is 1. The first-order valence-electron chi connectivity index (χ1n) is 21.9. The van der Waals surface area contributed by atoms with Gasteiger partial charge in [0, 0.05) is 27.6 Å². The number of rotatable bonds is 6. The van der Waals surface area contributed by atoms with Crippen molar-refractivity contribution in [1.82, 2.24) is 4.57 Å². The predicted molar refractivity (Wildman–Crippen MR) is 263 cm³/mol. The summed E-state index contributed by atoms with van der Waals surface area (Å²) >= 11 is 0. The maximum Gasteiger partial charge on any atom is 0.0755 e. The van der Waals surface area contributed by atoms with Crippen LogP contribution in [0.4, 0.5) is 17.1 Å². The SMILES string of the molecule is c1ccc(-c2cccc(N(c3ccc(-c4ccccc4)cc3-c3ccccc3)c3cccc4c3-c3ccccc3C43c4ccccc4-n4c5ccccc5c5cccc3c54)c2)cc1. The Morgan fingerprint density at radius 1 is 0.333 bits per heavy atom. The maximum absolute atomic E-state index is 2.53. The molecule has 0 saturated heterocycles. The van der Waals surface area contributed by atoms with Gasteiger partial charge in [0.15, 0.2) is 0 Å². The minimum atomic E-state index is -0.570. The van der Waals surface area contributed by atoms with Crippen LogP contribution in [0.2, 0.25) is 0 Å². The monoisotopic (exact) mass is 800 g/mol.